The second-order valence-corrected chi connectivity index (χ2v) is 6.26. The highest BCUT2D eigenvalue weighted by Crippen LogP contribution is 2.33. The first-order valence-corrected chi connectivity index (χ1v) is 8.64. The van der Waals surface area contributed by atoms with Crippen LogP contribution in [0.1, 0.15) is 13.7 Å². The Kier molecular flexibility index (Phi) is 3.05. The lowest BCUT2D eigenvalue weighted by molar-refractivity contribution is 0.305. The molecular weight excluding hydrogens is 382 g/mol. The van der Waals surface area contributed by atoms with E-state index in [4.69, 9.17) is 23.2 Å². The summed E-state index contributed by atoms with van der Waals surface area (Å²) >= 11 is 0. The van der Waals surface area contributed by atoms with Crippen LogP contribution in [0.15, 0.2) is 55.0 Å². The van der Waals surface area contributed by atoms with Crippen LogP contribution in [0.5, 0.6) is 11.5 Å². The SMILES string of the molecule is [2H]C([2H])([2H])Oc1cc(OC([2H])([2H])[2H])cc(N(c2ccc3ncc(-c4cnn(C)c4)nc3c2)C([2H])([2H])C([2H])([2H])O)c1. The topological polar surface area (TPSA) is 85.5 Å². The molecule has 0 saturated carbocycles. The van der Waals surface area contributed by atoms with E-state index in [1.807, 2.05) is 0 Å². The van der Waals surface area contributed by atoms with E-state index in [9.17, 15) is 5.11 Å². The largest absolute Gasteiger partial charge is 0.497 e. The predicted molar refractivity (Wildman–Crippen MR) is 115 cm³/mol. The molecule has 0 spiro atoms. The highest BCUT2D eigenvalue weighted by molar-refractivity contribution is 5.82. The fourth-order valence-corrected chi connectivity index (χ4v) is 2.96. The molecule has 0 fully saturated rings. The van der Waals surface area contributed by atoms with Crippen molar-refractivity contribution in [2.24, 2.45) is 7.05 Å². The number of benzene rings is 2. The van der Waals surface area contributed by atoms with Gasteiger partial charge in [0.15, 0.2) is 0 Å². The molecule has 4 aromatic rings. The van der Waals surface area contributed by atoms with Crippen LogP contribution in [-0.4, -0.2) is 52.0 Å². The molecule has 2 aromatic carbocycles. The molecule has 0 unspecified atom stereocenters. The number of hydrogen-bond donors (Lipinski definition) is 1. The smallest absolute Gasteiger partial charge is 0.124 e. The average molecular weight is 416 g/mol. The highest BCUT2D eigenvalue weighted by Gasteiger charge is 2.14. The van der Waals surface area contributed by atoms with Crippen LogP contribution < -0.4 is 14.4 Å². The van der Waals surface area contributed by atoms with Gasteiger partial charge in [0, 0.05) is 54.9 Å². The van der Waals surface area contributed by atoms with Gasteiger partial charge in [0.05, 0.1) is 63.5 Å². The lowest BCUT2D eigenvalue weighted by Gasteiger charge is -2.25. The van der Waals surface area contributed by atoms with Gasteiger partial charge >= 0.3 is 0 Å². The van der Waals surface area contributed by atoms with Gasteiger partial charge < -0.3 is 19.5 Å². The maximum absolute atomic E-state index is 10.2. The van der Waals surface area contributed by atoms with Crippen molar-refractivity contribution >= 4 is 22.4 Å². The molecule has 0 atom stereocenters. The minimum absolute atomic E-state index is 0.0427. The number of methoxy groups -OCH3 is 2. The number of nitrogens with zero attached hydrogens (tertiary/aromatic N) is 5. The van der Waals surface area contributed by atoms with Crippen molar-refractivity contribution < 1.29 is 28.3 Å². The van der Waals surface area contributed by atoms with Crippen molar-refractivity contribution in [1.29, 1.82) is 0 Å². The Morgan fingerprint density at radius 1 is 1.07 bits per heavy atom. The summed E-state index contributed by atoms with van der Waals surface area (Å²) in [6, 6.07) is 7.33. The zero-order valence-electron chi connectivity index (χ0n) is 25.7. The summed E-state index contributed by atoms with van der Waals surface area (Å²) in [5.74, 6) is -0.842. The number of rotatable bonds is 7. The quantitative estimate of drug-likeness (QED) is 0.496. The fourth-order valence-electron chi connectivity index (χ4n) is 2.96. The fraction of sp³-hybridized carbons (Fsp3) is 0.227. The number of hydrogen-bond acceptors (Lipinski definition) is 7. The molecule has 0 aliphatic carbocycles. The molecule has 0 radical (unpaired) electrons. The first kappa shape index (κ1) is 10.9. The molecule has 0 aliphatic heterocycles. The Balaban J connectivity index is 1.93. The van der Waals surface area contributed by atoms with Crippen LogP contribution in [0, 0.1) is 0 Å². The number of fused-ring (bicyclic) bond motifs is 1. The van der Waals surface area contributed by atoms with Crippen LogP contribution in [0.3, 0.4) is 0 Å². The summed E-state index contributed by atoms with van der Waals surface area (Å²) in [6.45, 7) is -6.68. The summed E-state index contributed by atoms with van der Waals surface area (Å²) in [5, 5.41) is 14.3. The predicted octanol–water partition coefficient (Wildman–Crippen LogP) is 3.18. The van der Waals surface area contributed by atoms with Crippen LogP contribution in [0.25, 0.3) is 22.3 Å². The van der Waals surface area contributed by atoms with E-state index < -0.39 is 38.6 Å². The van der Waals surface area contributed by atoms with Gasteiger partial charge in [-0.25, -0.2) is 4.98 Å². The lowest BCUT2D eigenvalue weighted by atomic mass is 10.2. The van der Waals surface area contributed by atoms with E-state index in [1.54, 1.807) is 24.1 Å². The zero-order valence-corrected chi connectivity index (χ0v) is 15.7. The summed E-state index contributed by atoms with van der Waals surface area (Å²) < 4.78 is 88.5. The third-order valence-corrected chi connectivity index (χ3v) is 4.31. The number of ether oxygens (including phenoxy) is 2. The van der Waals surface area contributed by atoms with Gasteiger partial charge in [-0.1, -0.05) is 0 Å². The molecule has 2 heterocycles. The van der Waals surface area contributed by atoms with Crippen LogP contribution in [0.4, 0.5) is 11.4 Å². The average Bonchev–Trinajstić information content (AvgIpc) is 3.21. The highest BCUT2D eigenvalue weighted by atomic mass is 16.5. The van der Waals surface area contributed by atoms with Crippen LogP contribution in [-0.2, 0) is 7.05 Å². The van der Waals surface area contributed by atoms with Gasteiger partial charge in [0.25, 0.3) is 0 Å². The first-order valence-electron chi connectivity index (χ1n) is 13.6. The summed E-state index contributed by atoms with van der Waals surface area (Å²) in [6.07, 6.45) is 4.82. The maximum Gasteiger partial charge on any atom is 0.124 e. The van der Waals surface area contributed by atoms with E-state index in [1.165, 1.54) is 24.4 Å². The number of aryl methyl sites for hydroxylation is 1. The summed E-state index contributed by atoms with van der Waals surface area (Å²) in [7, 11) is -4.20. The first-order chi connectivity index (χ1) is 18.3. The molecule has 0 aliphatic rings. The maximum atomic E-state index is 10.2. The van der Waals surface area contributed by atoms with E-state index in [-0.39, 0.29) is 16.9 Å². The molecule has 2 aromatic heterocycles. The van der Waals surface area contributed by atoms with Crippen LogP contribution >= 0.6 is 0 Å². The monoisotopic (exact) mass is 415 g/mol. The lowest BCUT2D eigenvalue weighted by Crippen LogP contribution is -2.21. The minimum atomic E-state index is -3.48. The van der Waals surface area contributed by atoms with Crippen molar-refractivity contribution in [3.05, 3.63) is 55.0 Å². The molecule has 0 amide bonds. The normalized spacial score (nSPS) is 17.7. The third-order valence-electron chi connectivity index (χ3n) is 4.31. The van der Waals surface area contributed by atoms with Gasteiger partial charge in [-0.15, -0.1) is 0 Å². The molecule has 4 rings (SSSR count). The van der Waals surface area contributed by atoms with Crippen LogP contribution in [0.2, 0.25) is 0 Å². The van der Waals surface area contributed by atoms with Crippen molar-refractivity contribution in [3.63, 3.8) is 0 Å². The molecule has 8 heteroatoms. The van der Waals surface area contributed by atoms with E-state index >= 15 is 0 Å². The van der Waals surface area contributed by atoms with Gasteiger partial charge in [0.2, 0.25) is 0 Å². The van der Waals surface area contributed by atoms with Crippen molar-refractivity contribution in [2.75, 3.05) is 32.0 Å². The molecule has 154 valence electrons. The summed E-state index contributed by atoms with van der Waals surface area (Å²) in [5.41, 5.74) is 1.45. The van der Waals surface area contributed by atoms with Crippen molar-refractivity contribution in [1.82, 2.24) is 19.7 Å². The minimum Gasteiger partial charge on any atom is -0.497 e. The second-order valence-electron chi connectivity index (χ2n) is 6.26. The number of aromatic nitrogens is 4. The third kappa shape index (κ3) is 3.90. The standard InChI is InChI=1S/C22H23N5O3/c1-26-14-15(12-24-26)22-13-23-20-5-4-16(10-21(20)25-22)27(6-7-28)17-8-18(29-2)11-19(9-17)30-3/h4-5,8-14,28H,6-7H2,1-3H3/i2D3,3D3,6D2,7D2. The molecule has 0 saturated heterocycles. The molecule has 1 N–H and O–H groups in total. The molecule has 0 bridgehead atoms. The van der Waals surface area contributed by atoms with Gasteiger partial charge in [-0.2, -0.15) is 5.10 Å². The zero-order chi connectivity index (χ0) is 29.7. The number of anilines is 2. The molecule has 8 nitrogen and oxygen atoms in total. The van der Waals surface area contributed by atoms with Crippen molar-refractivity contribution in [3.8, 4) is 22.8 Å². The molecular formula is C22H23N5O3. The van der Waals surface area contributed by atoms with Crippen molar-refractivity contribution in [2.45, 2.75) is 0 Å². The van der Waals surface area contributed by atoms with Gasteiger partial charge in [0.1, 0.15) is 11.5 Å². The number of aliphatic hydroxyl groups is 1. The molecule has 30 heavy (non-hydrogen) atoms. The Morgan fingerprint density at radius 3 is 2.53 bits per heavy atom. The van der Waals surface area contributed by atoms with E-state index in [0.29, 0.717) is 21.7 Å². The second kappa shape index (κ2) is 8.38. The Labute approximate surface area is 188 Å². The van der Waals surface area contributed by atoms with Gasteiger partial charge in [-0.05, 0) is 18.2 Å². The van der Waals surface area contributed by atoms with E-state index in [2.05, 4.69) is 15.1 Å². The Bertz CT molecular complexity index is 1500. The summed E-state index contributed by atoms with van der Waals surface area (Å²) in [4.78, 5) is 9.62. The Hall–Kier alpha value is -3.65. The van der Waals surface area contributed by atoms with E-state index in [0.717, 1.165) is 18.2 Å². The van der Waals surface area contributed by atoms with Gasteiger partial charge in [-0.3, -0.25) is 9.67 Å². The Morgan fingerprint density at radius 2 is 1.87 bits per heavy atom.